The number of fused-ring (bicyclic) bond motifs is 2. The third kappa shape index (κ3) is 4.93. The second-order valence-corrected chi connectivity index (χ2v) is 11.5. The van der Waals surface area contributed by atoms with E-state index in [1.54, 1.807) is 0 Å². The minimum atomic E-state index is 0.627. The van der Waals surface area contributed by atoms with Gasteiger partial charge in [0.2, 0.25) is 0 Å². The van der Waals surface area contributed by atoms with Gasteiger partial charge in [-0.2, -0.15) is 5.10 Å². The fourth-order valence-electron chi connectivity index (χ4n) is 6.13. The fourth-order valence-corrected chi connectivity index (χ4v) is 6.64. The van der Waals surface area contributed by atoms with Crippen LogP contribution in [0, 0.1) is 0 Å². The predicted molar refractivity (Wildman–Crippen MR) is 172 cm³/mol. The van der Waals surface area contributed by atoms with Crippen molar-refractivity contribution in [3.63, 3.8) is 0 Å². The Morgan fingerprint density at radius 2 is 1.73 bits per heavy atom. The number of aromatic nitrogens is 4. The van der Waals surface area contributed by atoms with E-state index in [1.807, 2.05) is 32.3 Å². The molecule has 3 aromatic heterocycles. The minimum Gasteiger partial charge on any atom is -0.360 e. The average molecular weight is 587 g/mol. The van der Waals surface area contributed by atoms with E-state index in [0.717, 1.165) is 69.5 Å². The van der Waals surface area contributed by atoms with Gasteiger partial charge in [-0.05, 0) is 66.5 Å². The summed E-state index contributed by atoms with van der Waals surface area (Å²) in [5.74, 6) is 1.48. The van der Waals surface area contributed by atoms with Gasteiger partial charge in [-0.15, -0.1) is 0 Å². The number of aromatic amines is 1. The molecule has 2 aliphatic rings. The summed E-state index contributed by atoms with van der Waals surface area (Å²) in [5, 5.41) is 7.87. The standard InChI is InChI=1S/C32H31Cl2N5.C2H6/c1-3-19-6-5-7-20(4-2)30(19)39-31(24-10-11-26(33)29-23(24)12-14-35-29)25-18-38(15-13-28(25)37-39)32-27(34)16-22(17-36-32)21-8-9-21;1-2/h5-7,10-12,14,16-17,21,35H,3-4,8-9,13,15,18H2,1-2H3;1-2H3. The molecule has 1 fully saturated rings. The van der Waals surface area contributed by atoms with E-state index in [-0.39, 0.29) is 0 Å². The summed E-state index contributed by atoms with van der Waals surface area (Å²) in [6, 6.07) is 15.0. The van der Waals surface area contributed by atoms with Crippen LogP contribution in [0.3, 0.4) is 0 Å². The highest BCUT2D eigenvalue weighted by Crippen LogP contribution is 2.43. The number of aryl methyl sites for hydroxylation is 2. The molecule has 4 heterocycles. The summed E-state index contributed by atoms with van der Waals surface area (Å²) in [5.41, 5.74) is 10.6. The van der Waals surface area contributed by atoms with Crippen LogP contribution in [0.15, 0.2) is 54.9 Å². The second kappa shape index (κ2) is 11.5. The Bertz CT molecular complexity index is 1690. The van der Waals surface area contributed by atoms with Gasteiger partial charge < -0.3 is 9.88 Å². The van der Waals surface area contributed by atoms with Crippen molar-refractivity contribution >= 4 is 39.9 Å². The van der Waals surface area contributed by atoms with Crippen LogP contribution in [0.5, 0.6) is 0 Å². The van der Waals surface area contributed by atoms with Gasteiger partial charge in [-0.1, -0.05) is 75.2 Å². The van der Waals surface area contributed by atoms with Crippen LogP contribution in [0.4, 0.5) is 5.82 Å². The number of rotatable bonds is 6. The van der Waals surface area contributed by atoms with Crippen LogP contribution in [0.1, 0.15) is 74.4 Å². The third-order valence-corrected chi connectivity index (χ3v) is 8.92. The lowest BCUT2D eigenvalue weighted by atomic mass is 9.97. The van der Waals surface area contributed by atoms with Gasteiger partial charge in [-0.3, -0.25) is 0 Å². The summed E-state index contributed by atoms with van der Waals surface area (Å²) in [7, 11) is 0. The number of halogens is 2. The molecular weight excluding hydrogens is 549 g/mol. The number of benzene rings is 2. The van der Waals surface area contributed by atoms with Gasteiger partial charge in [0, 0.05) is 48.4 Å². The summed E-state index contributed by atoms with van der Waals surface area (Å²) >= 11 is 13.4. The molecule has 1 saturated carbocycles. The first-order chi connectivity index (χ1) is 20.1. The van der Waals surface area contributed by atoms with Gasteiger partial charge in [0.25, 0.3) is 0 Å². The van der Waals surface area contributed by atoms with Gasteiger partial charge in [0.05, 0.1) is 32.6 Å². The summed E-state index contributed by atoms with van der Waals surface area (Å²) < 4.78 is 2.22. The summed E-state index contributed by atoms with van der Waals surface area (Å²) in [6.45, 7) is 9.96. The van der Waals surface area contributed by atoms with Crippen molar-refractivity contribution in [2.75, 3.05) is 11.4 Å². The van der Waals surface area contributed by atoms with Crippen LogP contribution < -0.4 is 4.90 Å². The van der Waals surface area contributed by atoms with Crippen molar-refractivity contribution < 1.29 is 0 Å². The maximum absolute atomic E-state index is 6.84. The highest BCUT2D eigenvalue weighted by Gasteiger charge is 2.31. The molecule has 5 nitrogen and oxygen atoms in total. The van der Waals surface area contributed by atoms with E-state index in [9.17, 15) is 0 Å². The van der Waals surface area contributed by atoms with Crippen molar-refractivity contribution in [1.82, 2.24) is 19.7 Å². The topological polar surface area (TPSA) is 49.7 Å². The molecule has 0 atom stereocenters. The lowest BCUT2D eigenvalue weighted by Gasteiger charge is -2.29. The Morgan fingerprint density at radius 3 is 2.41 bits per heavy atom. The molecule has 1 N–H and O–H groups in total. The summed E-state index contributed by atoms with van der Waals surface area (Å²) in [4.78, 5) is 10.5. The highest BCUT2D eigenvalue weighted by atomic mass is 35.5. The molecule has 5 aromatic rings. The highest BCUT2D eigenvalue weighted by molar-refractivity contribution is 6.35. The van der Waals surface area contributed by atoms with E-state index < -0.39 is 0 Å². The molecular formula is C34H37Cl2N5. The maximum Gasteiger partial charge on any atom is 0.147 e. The van der Waals surface area contributed by atoms with Crippen molar-refractivity contribution in [2.45, 2.75) is 72.3 Å². The Morgan fingerprint density at radius 1 is 0.976 bits per heavy atom. The van der Waals surface area contributed by atoms with Crippen LogP contribution in [0.2, 0.25) is 10.0 Å². The first-order valence-electron chi connectivity index (χ1n) is 15.0. The fraction of sp³-hybridized carbons (Fsp3) is 0.353. The average Bonchev–Trinajstić information content (AvgIpc) is 3.62. The zero-order valence-corrected chi connectivity index (χ0v) is 25.8. The van der Waals surface area contributed by atoms with Crippen molar-refractivity contribution in [1.29, 1.82) is 0 Å². The number of hydrogen-bond acceptors (Lipinski definition) is 3. The second-order valence-electron chi connectivity index (χ2n) is 10.7. The minimum absolute atomic E-state index is 0.627. The Labute approximate surface area is 252 Å². The molecule has 7 heteroatoms. The lowest BCUT2D eigenvalue weighted by molar-refractivity contribution is 0.705. The van der Waals surface area contributed by atoms with E-state index in [0.29, 0.717) is 12.5 Å². The molecule has 7 rings (SSSR count). The number of nitrogens with zero attached hydrogens (tertiary/aromatic N) is 4. The Balaban J connectivity index is 0.00000148. The monoisotopic (exact) mass is 585 g/mol. The van der Waals surface area contributed by atoms with E-state index in [1.165, 1.54) is 40.8 Å². The van der Waals surface area contributed by atoms with Crippen LogP contribution in [-0.4, -0.2) is 26.3 Å². The number of pyridine rings is 1. The smallest absolute Gasteiger partial charge is 0.147 e. The first kappa shape index (κ1) is 27.9. The SMILES string of the molecule is CC.CCc1cccc(CC)c1-n1nc2c(c1-c1ccc(Cl)c3[nH]ccc13)CN(c1ncc(C3CC3)cc1Cl)CC2. The lowest BCUT2D eigenvalue weighted by Crippen LogP contribution is -2.31. The van der Waals surface area contributed by atoms with Gasteiger partial charge >= 0.3 is 0 Å². The number of anilines is 1. The zero-order chi connectivity index (χ0) is 28.7. The van der Waals surface area contributed by atoms with Crippen LogP contribution in [-0.2, 0) is 25.8 Å². The van der Waals surface area contributed by atoms with Gasteiger partial charge in [-0.25, -0.2) is 9.67 Å². The molecule has 0 spiro atoms. The Hall–Kier alpha value is -3.28. The van der Waals surface area contributed by atoms with Gasteiger partial charge in [0.1, 0.15) is 5.82 Å². The van der Waals surface area contributed by atoms with E-state index in [4.69, 9.17) is 33.3 Å². The van der Waals surface area contributed by atoms with Crippen LogP contribution in [0.25, 0.3) is 27.8 Å². The molecule has 0 bridgehead atoms. The molecule has 0 amide bonds. The number of hydrogen-bond donors (Lipinski definition) is 1. The van der Waals surface area contributed by atoms with Crippen molar-refractivity contribution in [2.24, 2.45) is 0 Å². The molecule has 0 unspecified atom stereocenters. The number of para-hydroxylation sites is 1. The van der Waals surface area contributed by atoms with Crippen molar-refractivity contribution in [3.05, 3.63) is 92.9 Å². The molecule has 1 aliphatic heterocycles. The molecule has 0 radical (unpaired) electrons. The van der Waals surface area contributed by atoms with Gasteiger partial charge in [0.15, 0.2) is 0 Å². The predicted octanol–water partition coefficient (Wildman–Crippen LogP) is 9.31. The number of H-pyrrole nitrogens is 1. The normalized spacial score (nSPS) is 14.6. The number of nitrogens with one attached hydrogen (secondary N) is 1. The first-order valence-corrected chi connectivity index (χ1v) is 15.7. The zero-order valence-electron chi connectivity index (χ0n) is 24.3. The molecule has 0 saturated heterocycles. The quantitative estimate of drug-likeness (QED) is 0.216. The van der Waals surface area contributed by atoms with Crippen LogP contribution >= 0.6 is 23.2 Å². The van der Waals surface area contributed by atoms with E-state index in [2.05, 4.69) is 64.8 Å². The third-order valence-electron chi connectivity index (χ3n) is 8.33. The van der Waals surface area contributed by atoms with Crippen molar-refractivity contribution in [3.8, 4) is 16.9 Å². The molecule has 2 aromatic carbocycles. The molecule has 212 valence electrons. The summed E-state index contributed by atoms with van der Waals surface area (Å²) in [6.07, 6.45) is 9.16. The Kier molecular flexibility index (Phi) is 7.84. The molecule has 41 heavy (non-hydrogen) atoms. The largest absolute Gasteiger partial charge is 0.360 e. The van der Waals surface area contributed by atoms with E-state index >= 15 is 0 Å². The molecule has 1 aliphatic carbocycles. The maximum atomic E-state index is 6.84.